The Morgan fingerprint density at radius 1 is 1.19 bits per heavy atom. The Hall–Kier alpha value is -1.26. The van der Waals surface area contributed by atoms with Crippen LogP contribution in [0.15, 0.2) is 4.99 Å². The lowest BCUT2D eigenvalue weighted by molar-refractivity contribution is -0.127. The second-order valence-corrected chi connectivity index (χ2v) is 9.33. The van der Waals surface area contributed by atoms with E-state index in [1.807, 2.05) is 27.7 Å². The van der Waals surface area contributed by atoms with Crippen molar-refractivity contribution in [3.8, 4) is 0 Å². The lowest BCUT2D eigenvalue weighted by atomic mass is 9.96. The molecule has 1 atom stereocenters. The van der Waals surface area contributed by atoms with Crippen molar-refractivity contribution in [3.05, 3.63) is 0 Å². The van der Waals surface area contributed by atoms with Gasteiger partial charge in [-0.15, -0.1) is 24.0 Å². The third kappa shape index (κ3) is 11.2. The molecule has 1 saturated heterocycles. The molecule has 1 aliphatic heterocycles. The van der Waals surface area contributed by atoms with E-state index in [1.54, 1.807) is 23.9 Å². The van der Waals surface area contributed by atoms with Gasteiger partial charge in [0, 0.05) is 46.3 Å². The standard InChI is InChI=1S/C22H43N5O3.HI/c1-9-17(3)24-20(23-15-19(28)25(7)8)27-13-11-18(12-14-27)16-26(10-2)21(29)30-22(4,5)6;/h17-18H,9-16H2,1-8H3,(H,23,24);1H. The zero-order valence-corrected chi connectivity index (χ0v) is 23.1. The van der Waals surface area contributed by atoms with E-state index in [9.17, 15) is 9.59 Å². The van der Waals surface area contributed by atoms with Crippen LogP contribution in [0.5, 0.6) is 0 Å². The molecule has 9 heteroatoms. The molecule has 182 valence electrons. The molecule has 0 aromatic carbocycles. The average Bonchev–Trinajstić information content (AvgIpc) is 2.67. The van der Waals surface area contributed by atoms with Crippen LogP contribution in [0.4, 0.5) is 4.79 Å². The van der Waals surface area contributed by atoms with Crippen LogP contribution in [0, 0.1) is 5.92 Å². The van der Waals surface area contributed by atoms with E-state index in [0.717, 1.165) is 38.3 Å². The summed E-state index contributed by atoms with van der Waals surface area (Å²) in [4.78, 5) is 34.6. The van der Waals surface area contributed by atoms with Crippen molar-refractivity contribution < 1.29 is 14.3 Å². The third-order valence-corrected chi connectivity index (χ3v) is 5.28. The van der Waals surface area contributed by atoms with Gasteiger partial charge in [-0.3, -0.25) is 4.79 Å². The van der Waals surface area contributed by atoms with E-state index in [0.29, 0.717) is 25.0 Å². The van der Waals surface area contributed by atoms with Crippen LogP contribution >= 0.6 is 24.0 Å². The lowest BCUT2D eigenvalue weighted by Crippen LogP contribution is -2.50. The molecule has 0 bridgehead atoms. The van der Waals surface area contributed by atoms with Crippen LogP contribution in [-0.4, -0.2) is 91.1 Å². The maximum Gasteiger partial charge on any atom is 0.410 e. The Bertz CT molecular complexity index is 584. The van der Waals surface area contributed by atoms with E-state index in [-0.39, 0.29) is 42.5 Å². The zero-order chi connectivity index (χ0) is 22.9. The molecule has 0 saturated carbocycles. The highest BCUT2D eigenvalue weighted by molar-refractivity contribution is 14.0. The number of hydrogen-bond acceptors (Lipinski definition) is 4. The van der Waals surface area contributed by atoms with Crippen molar-refractivity contribution in [1.29, 1.82) is 0 Å². The average molecular weight is 554 g/mol. The van der Waals surface area contributed by atoms with Gasteiger partial charge in [-0.1, -0.05) is 6.92 Å². The number of piperidine rings is 1. The van der Waals surface area contributed by atoms with E-state index >= 15 is 0 Å². The number of hydrogen-bond donors (Lipinski definition) is 1. The minimum atomic E-state index is -0.481. The Morgan fingerprint density at radius 3 is 2.23 bits per heavy atom. The molecule has 1 rings (SSSR count). The molecule has 8 nitrogen and oxygen atoms in total. The number of ether oxygens (including phenoxy) is 1. The highest BCUT2D eigenvalue weighted by atomic mass is 127. The van der Waals surface area contributed by atoms with Crippen molar-refractivity contribution in [3.63, 3.8) is 0 Å². The molecule has 1 heterocycles. The first-order chi connectivity index (χ1) is 14.0. The zero-order valence-electron chi connectivity index (χ0n) is 20.7. The molecule has 2 amide bonds. The molecule has 0 radical (unpaired) electrons. The van der Waals surface area contributed by atoms with Crippen molar-refractivity contribution in [2.24, 2.45) is 10.9 Å². The fraction of sp³-hybridized carbons (Fsp3) is 0.864. The summed E-state index contributed by atoms with van der Waals surface area (Å²) in [5.74, 6) is 1.23. The summed E-state index contributed by atoms with van der Waals surface area (Å²) >= 11 is 0. The monoisotopic (exact) mass is 553 g/mol. The quantitative estimate of drug-likeness (QED) is 0.297. The largest absolute Gasteiger partial charge is 0.444 e. The summed E-state index contributed by atoms with van der Waals surface area (Å²) in [6, 6.07) is 0.290. The Labute approximate surface area is 206 Å². The lowest BCUT2D eigenvalue weighted by Gasteiger charge is -2.37. The number of carbonyl (C=O) groups is 2. The second kappa shape index (κ2) is 14.0. The number of carbonyl (C=O) groups excluding carboxylic acids is 2. The van der Waals surface area contributed by atoms with Gasteiger partial charge in [-0.05, 0) is 59.8 Å². The first-order valence-corrected chi connectivity index (χ1v) is 11.2. The number of halogens is 1. The van der Waals surface area contributed by atoms with Gasteiger partial charge >= 0.3 is 6.09 Å². The summed E-state index contributed by atoms with van der Waals surface area (Å²) in [7, 11) is 3.49. The number of likely N-dealkylation sites (N-methyl/N-ethyl adjacent to an activating group) is 1. The van der Waals surface area contributed by atoms with Gasteiger partial charge in [0.05, 0.1) is 0 Å². The first kappa shape index (κ1) is 29.7. The molecule has 1 N–H and O–H groups in total. The highest BCUT2D eigenvalue weighted by Gasteiger charge is 2.27. The molecule has 0 spiro atoms. The highest BCUT2D eigenvalue weighted by Crippen LogP contribution is 2.20. The van der Waals surface area contributed by atoms with Gasteiger partial charge in [0.2, 0.25) is 5.91 Å². The Morgan fingerprint density at radius 2 is 1.77 bits per heavy atom. The summed E-state index contributed by atoms with van der Waals surface area (Å²) < 4.78 is 5.53. The second-order valence-electron chi connectivity index (χ2n) is 9.33. The number of aliphatic imine (C=N–C) groups is 1. The van der Waals surface area contributed by atoms with Gasteiger partial charge in [0.25, 0.3) is 0 Å². The number of nitrogens with one attached hydrogen (secondary N) is 1. The van der Waals surface area contributed by atoms with Crippen molar-refractivity contribution in [2.45, 2.75) is 72.4 Å². The van der Waals surface area contributed by atoms with E-state index in [4.69, 9.17) is 4.74 Å². The molecule has 0 aromatic heterocycles. The molecule has 1 fully saturated rings. The maximum atomic E-state index is 12.4. The summed E-state index contributed by atoms with van der Waals surface area (Å²) in [5.41, 5.74) is -0.481. The smallest absolute Gasteiger partial charge is 0.410 e. The van der Waals surface area contributed by atoms with Crippen LogP contribution in [0.25, 0.3) is 0 Å². The van der Waals surface area contributed by atoms with Crippen LogP contribution < -0.4 is 5.32 Å². The number of likely N-dealkylation sites (tertiary alicyclic amines) is 1. The number of guanidine groups is 1. The minimum Gasteiger partial charge on any atom is -0.444 e. The Kier molecular flexibility index (Phi) is 13.4. The van der Waals surface area contributed by atoms with Gasteiger partial charge in [0.1, 0.15) is 12.1 Å². The number of nitrogens with zero attached hydrogens (tertiary/aromatic N) is 4. The van der Waals surface area contributed by atoms with Gasteiger partial charge in [-0.2, -0.15) is 0 Å². The fourth-order valence-corrected chi connectivity index (χ4v) is 3.14. The molecule has 31 heavy (non-hydrogen) atoms. The van der Waals surface area contributed by atoms with E-state index in [2.05, 4.69) is 29.1 Å². The van der Waals surface area contributed by atoms with E-state index < -0.39 is 5.60 Å². The maximum absolute atomic E-state index is 12.4. The van der Waals surface area contributed by atoms with Crippen molar-refractivity contribution >= 4 is 41.9 Å². The number of amides is 2. The van der Waals surface area contributed by atoms with Crippen molar-refractivity contribution in [1.82, 2.24) is 20.0 Å². The van der Waals surface area contributed by atoms with Gasteiger partial charge in [0.15, 0.2) is 5.96 Å². The van der Waals surface area contributed by atoms with Crippen LogP contribution in [-0.2, 0) is 9.53 Å². The third-order valence-electron chi connectivity index (χ3n) is 5.28. The summed E-state index contributed by atoms with van der Waals surface area (Å²) in [5, 5.41) is 3.46. The molecule has 1 unspecified atom stereocenters. The van der Waals surface area contributed by atoms with Crippen LogP contribution in [0.2, 0.25) is 0 Å². The Balaban J connectivity index is 0.00000900. The summed E-state index contributed by atoms with van der Waals surface area (Å²) in [6.45, 7) is 15.1. The first-order valence-electron chi connectivity index (χ1n) is 11.2. The van der Waals surface area contributed by atoms with Crippen LogP contribution in [0.3, 0.4) is 0 Å². The van der Waals surface area contributed by atoms with Crippen LogP contribution in [0.1, 0.15) is 60.8 Å². The van der Waals surface area contributed by atoms with E-state index in [1.165, 1.54) is 0 Å². The molecule has 0 aromatic rings. The molecule has 0 aliphatic carbocycles. The van der Waals surface area contributed by atoms with Gasteiger partial charge in [-0.25, -0.2) is 9.79 Å². The molecular formula is C22H44IN5O3. The molecular weight excluding hydrogens is 509 g/mol. The number of rotatable bonds is 7. The SMILES string of the molecule is CCC(C)NC(=NCC(=O)N(C)C)N1CCC(CN(CC)C(=O)OC(C)(C)C)CC1.I. The van der Waals surface area contributed by atoms with Gasteiger partial charge < -0.3 is 24.8 Å². The minimum absolute atomic E-state index is 0. The topological polar surface area (TPSA) is 77.5 Å². The normalized spacial score (nSPS) is 16.3. The predicted octanol–water partition coefficient (Wildman–Crippen LogP) is 3.41. The fourth-order valence-electron chi connectivity index (χ4n) is 3.14. The molecule has 1 aliphatic rings. The van der Waals surface area contributed by atoms with Crippen molar-refractivity contribution in [2.75, 3.05) is 46.8 Å². The predicted molar refractivity (Wildman–Crippen MR) is 137 cm³/mol. The summed E-state index contributed by atoms with van der Waals surface area (Å²) in [6.07, 6.45) is 2.69.